The molecule has 0 N–H and O–H groups in total. The van der Waals surface area contributed by atoms with Gasteiger partial charge in [-0.25, -0.2) is 18.4 Å². The molecule has 2 rings (SSSR count). The highest BCUT2D eigenvalue weighted by molar-refractivity contribution is 7.91. The highest BCUT2D eigenvalue weighted by Gasteiger charge is 2.21. The average Bonchev–Trinajstić information content (AvgIpc) is 2.58. The lowest BCUT2D eigenvalue weighted by Gasteiger charge is -2.09. The van der Waals surface area contributed by atoms with Crippen LogP contribution in [0.5, 0.6) is 0 Å². The molecule has 6 nitrogen and oxygen atoms in total. The van der Waals surface area contributed by atoms with Crippen LogP contribution >= 0.6 is 0 Å². The van der Waals surface area contributed by atoms with Crippen LogP contribution in [0.15, 0.2) is 68.3 Å². The van der Waals surface area contributed by atoms with Crippen molar-refractivity contribution >= 4 is 33.9 Å². The summed E-state index contributed by atoms with van der Waals surface area (Å²) in [6.45, 7) is 0. The van der Waals surface area contributed by atoms with E-state index in [1.54, 1.807) is 71.0 Å². The van der Waals surface area contributed by atoms with Crippen molar-refractivity contribution in [2.45, 2.75) is 9.79 Å². The van der Waals surface area contributed by atoms with Crippen molar-refractivity contribution in [3.63, 3.8) is 0 Å². The zero-order chi connectivity index (χ0) is 18.4. The minimum Gasteiger partial charge on any atom is -0.369 e. The molecule has 0 bridgehead atoms. The van der Waals surface area contributed by atoms with Crippen LogP contribution in [0.2, 0.25) is 0 Å². The van der Waals surface area contributed by atoms with Gasteiger partial charge in [0.25, 0.3) is 0 Å². The quantitative estimate of drug-likeness (QED) is 0.588. The van der Waals surface area contributed by atoms with E-state index in [9.17, 15) is 8.42 Å². The molecule has 0 saturated heterocycles. The first kappa shape index (κ1) is 18.7. The van der Waals surface area contributed by atoms with Crippen molar-refractivity contribution in [3.8, 4) is 0 Å². The fourth-order valence-corrected chi connectivity index (χ4v) is 3.45. The van der Waals surface area contributed by atoms with Crippen LogP contribution in [0, 0.1) is 0 Å². The molecule has 0 aliphatic rings. The molecule has 7 heteroatoms. The van der Waals surface area contributed by atoms with E-state index in [4.69, 9.17) is 0 Å². The van der Waals surface area contributed by atoms with Gasteiger partial charge in [0.1, 0.15) is 0 Å². The predicted octanol–water partition coefficient (Wildman–Crippen LogP) is 2.96. The van der Waals surface area contributed by atoms with Crippen LogP contribution in [-0.4, -0.2) is 59.1 Å². The molecule has 0 radical (unpaired) electrons. The molecule has 132 valence electrons. The van der Waals surface area contributed by atoms with E-state index < -0.39 is 9.84 Å². The molecule has 0 aliphatic heterocycles. The largest absolute Gasteiger partial charge is 0.369 e. The topological polar surface area (TPSA) is 65.3 Å². The van der Waals surface area contributed by atoms with Crippen molar-refractivity contribution < 1.29 is 8.42 Å². The number of hydrogen-bond donors (Lipinski definition) is 0. The minimum absolute atomic E-state index is 0.168. The highest BCUT2D eigenvalue weighted by Crippen LogP contribution is 2.30. The Bertz CT molecular complexity index is 887. The van der Waals surface area contributed by atoms with Crippen LogP contribution in [0.3, 0.4) is 0 Å². The summed E-state index contributed by atoms with van der Waals surface area (Å²) in [4.78, 5) is 12.4. The molecular formula is C18H22N4O2S. The molecule has 0 heterocycles. The Balaban J connectivity index is 2.48. The maximum atomic E-state index is 13.0. The van der Waals surface area contributed by atoms with Gasteiger partial charge in [-0.2, -0.15) is 0 Å². The summed E-state index contributed by atoms with van der Waals surface area (Å²) in [5.74, 6) is 0. The van der Waals surface area contributed by atoms with Crippen molar-refractivity contribution in [1.82, 2.24) is 9.80 Å². The first-order valence-corrected chi connectivity index (χ1v) is 9.14. The Morgan fingerprint density at radius 1 is 0.840 bits per heavy atom. The van der Waals surface area contributed by atoms with Crippen molar-refractivity contribution in [2.75, 3.05) is 28.2 Å². The minimum atomic E-state index is -3.70. The van der Waals surface area contributed by atoms with Gasteiger partial charge in [0.05, 0.1) is 33.8 Å². The summed E-state index contributed by atoms with van der Waals surface area (Å²) < 4.78 is 26.1. The van der Waals surface area contributed by atoms with Gasteiger partial charge in [0.2, 0.25) is 9.84 Å². The van der Waals surface area contributed by atoms with Crippen molar-refractivity contribution in [2.24, 2.45) is 9.98 Å². The first-order valence-electron chi connectivity index (χ1n) is 7.66. The molecule has 0 amide bonds. The highest BCUT2D eigenvalue weighted by atomic mass is 32.2. The summed E-state index contributed by atoms with van der Waals surface area (Å²) in [6, 6.07) is 13.3. The predicted molar refractivity (Wildman–Crippen MR) is 102 cm³/mol. The Morgan fingerprint density at radius 3 is 2.16 bits per heavy atom. The first-order chi connectivity index (χ1) is 11.8. The van der Waals surface area contributed by atoms with Crippen molar-refractivity contribution in [3.05, 3.63) is 48.5 Å². The maximum Gasteiger partial charge on any atom is 0.208 e. The fourth-order valence-electron chi connectivity index (χ4n) is 2.01. The van der Waals surface area contributed by atoms with Crippen LogP contribution in [0.25, 0.3) is 0 Å². The van der Waals surface area contributed by atoms with Gasteiger partial charge in [0.15, 0.2) is 0 Å². The molecule has 2 aromatic carbocycles. The molecule has 0 fully saturated rings. The normalized spacial score (nSPS) is 12.0. The molecule has 0 saturated carbocycles. The lowest BCUT2D eigenvalue weighted by atomic mass is 10.3. The summed E-state index contributed by atoms with van der Waals surface area (Å²) in [5.41, 5.74) is 0.974. The lowest BCUT2D eigenvalue weighted by Crippen LogP contribution is -2.08. The molecule has 0 aliphatic carbocycles. The SMILES string of the molecule is CN(C)C=Nc1cccc(S(=O)(=O)c2ccccc2N=CN(C)C)c1. The zero-order valence-corrected chi connectivity index (χ0v) is 15.6. The van der Waals surface area contributed by atoms with E-state index in [2.05, 4.69) is 9.98 Å². The van der Waals surface area contributed by atoms with E-state index >= 15 is 0 Å². The van der Waals surface area contributed by atoms with Crippen LogP contribution < -0.4 is 0 Å². The van der Waals surface area contributed by atoms with Gasteiger partial charge in [-0.05, 0) is 30.3 Å². The second kappa shape index (κ2) is 7.94. The molecule has 0 unspecified atom stereocenters. The number of rotatable bonds is 6. The Labute approximate surface area is 149 Å². The summed E-state index contributed by atoms with van der Waals surface area (Å²) in [7, 11) is 3.65. The van der Waals surface area contributed by atoms with Crippen LogP contribution in [0.4, 0.5) is 11.4 Å². The number of hydrogen-bond acceptors (Lipinski definition) is 4. The maximum absolute atomic E-state index is 13.0. The number of para-hydroxylation sites is 1. The summed E-state index contributed by atoms with van der Waals surface area (Å²) in [5, 5.41) is 0. The van der Waals surface area contributed by atoms with E-state index in [1.165, 1.54) is 0 Å². The Hall–Kier alpha value is -2.67. The zero-order valence-electron chi connectivity index (χ0n) is 14.8. The monoisotopic (exact) mass is 358 g/mol. The number of sulfone groups is 1. The van der Waals surface area contributed by atoms with Crippen LogP contribution in [-0.2, 0) is 9.84 Å². The third-order valence-corrected chi connectivity index (χ3v) is 4.95. The number of nitrogens with zero attached hydrogens (tertiary/aromatic N) is 4. The smallest absolute Gasteiger partial charge is 0.208 e. The van der Waals surface area contributed by atoms with Gasteiger partial charge in [-0.1, -0.05) is 18.2 Å². The molecule has 2 aromatic rings. The van der Waals surface area contributed by atoms with Gasteiger partial charge in [-0.15, -0.1) is 0 Å². The molecule has 25 heavy (non-hydrogen) atoms. The van der Waals surface area contributed by atoms with E-state index in [0.29, 0.717) is 11.4 Å². The number of aliphatic imine (C=N–C) groups is 2. The second-order valence-corrected chi connectivity index (χ2v) is 7.80. The van der Waals surface area contributed by atoms with Gasteiger partial charge < -0.3 is 9.80 Å². The third kappa shape index (κ3) is 4.90. The lowest BCUT2D eigenvalue weighted by molar-refractivity contribution is 0.596. The van der Waals surface area contributed by atoms with Gasteiger partial charge in [-0.3, -0.25) is 0 Å². The summed E-state index contributed by atoms with van der Waals surface area (Å²) in [6.07, 6.45) is 3.20. The molecule has 0 atom stereocenters. The average molecular weight is 358 g/mol. The number of benzene rings is 2. The summed E-state index contributed by atoms with van der Waals surface area (Å²) >= 11 is 0. The standard InChI is InChI=1S/C18H22N4O2S/c1-21(2)13-19-15-8-7-9-16(12-15)25(23,24)18-11-6-5-10-17(18)20-14-22(3)4/h5-14H,1-4H3. The fraction of sp³-hybridized carbons (Fsp3) is 0.222. The Kier molecular flexibility index (Phi) is 5.93. The van der Waals surface area contributed by atoms with E-state index in [0.717, 1.165) is 0 Å². The van der Waals surface area contributed by atoms with E-state index in [-0.39, 0.29) is 9.79 Å². The van der Waals surface area contributed by atoms with Crippen LogP contribution in [0.1, 0.15) is 0 Å². The third-order valence-electron chi connectivity index (χ3n) is 3.15. The second-order valence-electron chi connectivity index (χ2n) is 5.88. The molecule has 0 aromatic heterocycles. The van der Waals surface area contributed by atoms with Gasteiger partial charge >= 0.3 is 0 Å². The Morgan fingerprint density at radius 2 is 1.48 bits per heavy atom. The van der Waals surface area contributed by atoms with Gasteiger partial charge in [0, 0.05) is 28.2 Å². The van der Waals surface area contributed by atoms with E-state index in [1.807, 2.05) is 28.2 Å². The molecular weight excluding hydrogens is 336 g/mol. The molecule has 0 spiro atoms. The van der Waals surface area contributed by atoms with Crippen molar-refractivity contribution in [1.29, 1.82) is 0 Å².